The lowest BCUT2D eigenvalue weighted by Gasteiger charge is -2.68. The Bertz CT molecular complexity index is 990. The van der Waals surface area contributed by atoms with E-state index in [4.69, 9.17) is 9.47 Å². The van der Waals surface area contributed by atoms with Crippen molar-refractivity contribution < 1.29 is 19.1 Å². The molecule has 36 heavy (non-hydrogen) atoms. The molecule has 3 saturated carbocycles. The Morgan fingerprint density at radius 2 is 1.64 bits per heavy atom. The number of fused-ring (bicyclic) bond motifs is 5. The second kappa shape index (κ2) is 8.17. The molecule has 0 N–H and O–H groups in total. The zero-order valence-electron chi connectivity index (χ0n) is 24.4. The van der Waals surface area contributed by atoms with Gasteiger partial charge in [0.05, 0.1) is 5.60 Å². The Labute approximate surface area is 219 Å². The molecule has 5 aliphatic rings. The van der Waals surface area contributed by atoms with Crippen LogP contribution in [0.15, 0.2) is 11.1 Å². The van der Waals surface area contributed by atoms with E-state index in [1.54, 1.807) is 11.1 Å². The van der Waals surface area contributed by atoms with Crippen LogP contribution in [0.2, 0.25) is 0 Å². The van der Waals surface area contributed by atoms with Gasteiger partial charge < -0.3 is 9.47 Å². The molecule has 0 amide bonds. The summed E-state index contributed by atoms with van der Waals surface area (Å²) in [5.41, 5.74) is 3.73. The lowest BCUT2D eigenvalue weighted by molar-refractivity contribution is -0.180. The maximum Gasteiger partial charge on any atom is 0.302 e. The summed E-state index contributed by atoms with van der Waals surface area (Å²) >= 11 is 0. The van der Waals surface area contributed by atoms with Gasteiger partial charge in [-0.3, -0.25) is 9.59 Å². The molecular formula is C32H50O4. The molecule has 8 atom stereocenters. The second-order valence-electron chi connectivity index (χ2n) is 15.0. The van der Waals surface area contributed by atoms with Gasteiger partial charge in [-0.25, -0.2) is 0 Å². The third-order valence-corrected chi connectivity index (χ3v) is 12.6. The molecule has 202 valence electrons. The fourth-order valence-electron chi connectivity index (χ4n) is 10.4. The van der Waals surface area contributed by atoms with Gasteiger partial charge >= 0.3 is 5.97 Å². The Morgan fingerprint density at radius 3 is 2.25 bits per heavy atom. The van der Waals surface area contributed by atoms with Crippen molar-refractivity contribution in [2.24, 2.45) is 39.4 Å². The van der Waals surface area contributed by atoms with E-state index in [-0.39, 0.29) is 45.4 Å². The number of Topliss-reactive ketones (excluding diaryl/α,β-unsaturated/α-hetero) is 1. The molecule has 0 aromatic heterocycles. The molecule has 0 aromatic rings. The number of esters is 1. The fraction of sp³-hybridized carbons (Fsp3) is 0.875. The Kier molecular flexibility index (Phi) is 6.00. The minimum Gasteiger partial charge on any atom is -0.460 e. The largest absolute Gasteiger partial charge is 0.460 e. The zero-order chi connectivity index (χ0) is 26.5. The monoisotopic (exact) mass is 498 g/mol. The molecule has 0 spiro atoms. The Morgan fingerprint density at radius 1 is 0.972 bits per heavy atom. The molecule has 0 bridgehead atoms. The summed E-state index contributed by atoms with van der Waals surface area (Å²) in [6.07, 6.45) is 9.76. The number of epoxide rings is 1. The van der Waals surface area contributed by atoms with Crippen molar-refractivity contribution in [2.75, 3.05) is 0 Å². The van der Waals surface area contributed by atoms with Crippen LogP contribution in [-0.4, -0.2) is 29.6 Å². The predicted molar refractivity (Wildman–Crippen MR) is 142 cm³/mol. The maximum absolute atomic E-state index is 12.9. The van der Waals surface area contributed by atoms with E-state index in [1.807, 2.05) is 0 Å². The van der Waals surface area contributed by atoms with Crippen LogP contribution in [0.25, 0.3) is 0 Å². The van der Waals surface area contributed by atoms with Gasteiger partial charge in [-0.05, 0) is 99.2 Å². The van der Waals surface area contributed by atoms with Gasteiger partial charge in [0.25, 0.3) is 0 Å². The van der Waals surface area contributed by atoms with Crippen molar-refractivity contribution in [3.8, 4) is 0 Å². The third-order valence-electron chi connectivity index (χ3n) is 12.6. The number of rotatable bonds is 5. The summed E-state index contributed by atoms with van der Waals surface area (Å²) in [5, 5.41) is 0. The normalized spacial score (nSPS) is 44.2. The lowest BCUT2D eigenvalue weighted by Crippen LogP contribution is -2.62. The molecule has 0 aromatic carbocycles. The number of ether oxygens (including phenoxy) is 2. The molecule has 4 nitrogen and oxygen atoms in total. The third kappa shape index (κ3) is 3.62. The number of carbonyl (C=O) groups is 2. The fourth-order valence-corrected chi connectivity index (χ4v) is 10.4. The molecule has 4 aliphatic carbocycles. The Balaban J connectivity index is 1.42. The van der Waals surface area contributed by atoms with E-state index in [0.29, 0.717) is 23.5 Å². The van der Waals surface area contributed by atoms with Crippen LogP contribution in [0.3, 0.4) is 0 Å². The quantitative estimate of drug-likeness (QED) is 0.224. The summed E-state index contributed by atoms with van der Waals surface area (Å²) in [4.78, 5) is 24.8. The highest BCUT2D eigenvalue weighted by atomic mass is 16.6. The second-order valence-corrected chi connectivity index (χ2v) is 15.0. The first-order chi connectivity index (χ1) is 16.6. The minimum atomic E-state index is -0.209. The summed E-state index contributed by atoms with van der Waals surface area (Å²) in [6, 6.07) is 0. The van der Waals surface area contributed by atoms with Crippen LogP contribution in [0.5, 0.6) is 0 Å². The summed E-state index contributed by atoms with van der Waals surface area (Å²) in [5.74, 6) is 1.85. The summed E-state index contributed by atoms with van der Waals surface area (Å²) in [7, 11) is 0. The van der Waals surface area contributed by atoms with Gasteiger partial charge in [0.2, 0.25) is 0 Å². The number of carbonyl (C=O) groups excluding carboxylic acids is 2. The van der Waals surface area contributed by atoms with Crippen LogP contribution in [0, 0.1) is 39.4 Å². The highest BCUT2D eigenvalue weighted by Crippen LogP contribution is 2.74. The van der Waals surface area contributed by atoms with Crippen molar-refractivity contribution in [3.05, 3.63) is 11.1 Å². The summed E-state index contributed by atoms with van der Waals surface area (Å²) < 4.78 is 11.7. The van der Waals surface area contributed by atoms with Crippen LogP contribution >= 0.6 is 0 Å². The molecule has 1 saturated heterocycles. The summed E-state index contributed by atoms with van der Waals surface area (Å²) in [6.45, 7) is 20.2. The zero-order valence-corrected chi connectivity index (χ0v) is 24.4. The van der Waals surface area contributed by atoms with E-state index in [1.165, 1.54) is 45.4 Å². The number of hydrogen-bond donors (Lipinski definition) is 0. The smallest absolute Gasteiger partial charge is 0.302 e. The van der Waals surface area contributed by atoms with Crippen LogP contribution < -0.4 is 0 Å². The Hall–Kier alpha value is -1.16. The van der Waals surface area contributed by atoms with E-state index in [0.717, 1.165) is 19.3 Å². The number of ketones is 1. The van der Waals surface area contributed by atoms with Crippen LogP contribution in [0.4, 0.5) is 0 Å². The average molecular weight is 499 g/mol. The standard InChI is InChI=1S/C32H50O4/c1-19(18-23(35-20(2)33)27-29(5,6)36-27)21-12-16-31(8)22(21)10-11-25-30(7)15-14-26(34)28(3,4)24(30)13-17-32(25,31)9/h19,23-25,27H,10-18H2,1-9H3. The number of allylic oxidation sites excluding steroid dienone is 2. The average Bonchev–Trinajstić information content (AvgIpc) is 3.25. The van der Waals surface area contributed by atoms with Crippen molar-refractivity contribution >= 4 is 11.8 Å². The maximum atomic E-state index is 12.9. The molecule has 4 fully saturated rings. The van der Waals surface area contributed by atoms with Gasteiger partial charge in [-0.1, -0.05) is 52.7 Å². The van der Waals surface area contributed by atoms with Crippen LogP contribution in [0.1, 0.15) is 120 Å². The highest BCUT2D eigenvalue weighted by Gasteiger charge is 2.67. The predicted octanol–water partition coefficient (Wildman–Crippen LogP) is 7.44. The first-order valence-corrected chi connectivity index (χ1v) is 14.7. The van der Waals surface area contributed by atoms with E-state index < -0.39 is 0 Å². The van der Waals surface area contributed by atoms with Gasteiger partial charge in [-0.15, -0.1) is 0 Å². The SMILES string of the molecule is CC(=O)OC(CC(C)C1=C2CCC3C4(C)CCC(=O)C(C)(C)C4CCC3(C)C2(C)CC1)C1OC1(C)C. The first-order valence-electron chi connectivity index (χ1n) is 14.7. The van der Waals surface area contributed by atoms with Gasteiger partial charge in [0.15, 0.2) is 0 Å². The molecule has 5 rings (SSSR count). The van der Waals surface area contributed by atoms with E-state index >= 15 is 0 Å². The van der Waals surface area contributed by atoms with Crippen LogP contribution in [-0.2, 0) is 19.1 Å². The molecule has 0 radical (unpaired) electrons. The van der Waals surface area contributed by atoms with Gasteiger partial charge in [0, 0.05) is 18.8 Å². The van der Waals surface area contributed by atoms with Crippen molar-refractivity contribution in [3.63, 3.8) is 0 Å². The van der Waals surface area contributed by atoms with E-state index in [2.05, 4.69) is 55.4 Å². The molecule has 8 unspecified atom stereocenters. The molecule has 4 heteroatoms. The lowest BCUT2D eigenvalue weighted by atomic mass is 9.36. The minimum absolute atomic E-state index is 0.00286. The molecule has 1 aliphatic heterocycles. The molecule has 1 heterocycles. The molecular weight excluding hydrogens is 448 g/mol. The highest BCUT2D eigenvalue weighted by molar-refractivity contribution is 5.85. The van der Waals surface area contributed by atoms with Gasteiger partial charge in [-0.2, -0.15) is 0 Å². The van der Waals surface area contributed by atoms with E-state index in [9.17, 15) is 9.59 Å². The first kappa shape index (κ1) is 26.4. The van der Waals surface area contributed by atoms with Crippen molar-refractivity contribution in [2.45, 2.75) is 138 Å². The van der Waals surface area contributed by atoms with Crippen molar-refractivity contribution in [1.29, 1.82) is 0 Å². The van der Waals surface area contributed by atoms with Gasteiger partial charge in [0.1, 0.15) is 18.0 Å². The number of hydrogen-bond acceptors (Lipinski definition) is 4. The van der Waals surface area contributed by atoms with Crippen molar-refractivity contribution in [1.82, 2.24) is 0 Å². The topological polar surface area (TPSA) is 55.9 Å².